The number of rotatable bonds is 4. The number of ketones is 1. The highest BCUT2D eigenvalue weighted by molar-refractivity contribution is 6.31. The van der Waals surface area contributed by atoms with Crippen LogP contribution in [0, 0.1) is 5.41 Å². The molecule has 3 rings (SSSR count). The van der Waals surface area contributed by atoms with Gasteiger partial charge in [0.1, 0.15) is 5.78 Å². The third-order valence-electron chi connectivity index (χ3n) is 5.40. The Kier molecular flexibility index (Phi) is 5.13. The quantitative estimate of drug-likeness (QED) is 0.827. The minimum atomic E-state index is -0.361. The molecule has 0 aromatic heterocycles. The number of Topliss-reactive ketones (excluding diaryl/α,β-unsaturated/α-hetero) is 1. The fourth-order valence-electron chi connectivity index (χ4n) is 3.80. The third kappa shape index (κ3) is 3.71. The number of amides is 2. The summed E-state index contributed by atoms with van der Waals surface area (Å²) in [4.78, 5) is 39.9. The summed E-state index contributed by atoms with van der Waals surface area (Å²) in [6, 6.07) is 7.38. The zero-order valence-corrected chi connectivity index (χ0v) is 15.2. The summed E-state index contributed by atoms with van der Waals surface area (Å²) in [5.41, 5.74) is 0.481. The molecule has 2 fully saturated rings. The molecule has 2 aliphatic rings. The van der Waals surface area contributed by atoms with Crippen molar-refractivity contribution in [2.24, 2.45) is 5.41 Å². The van der Waals surface area contributed by atoms with Crippen LogP contribution in [0.3, 0.4) is 0 Å². The average molecular weight is 363 g/mol. The summed E-state index contributed by atoms with van der Waals surface area (Å²) in [7, 11) is 0. The highest BCUT2D eigenvalue weighted by Crippen LogP contribution is 2.43. The lowest BCUT2D eigenvalue weighted by molar-refractivity contribution is -0.138. The summed E-state index contributed by atoms with van der Waals surface area (Å²) in [6.45, 7) is 3.37. The summed E-state index contributed by atoms with van der Waals surface area (Å²) in [5, 5.41) is 0.622. The Morgan fingerprint density at radius 1 is 1.12 bits per heavy atom. The van der Waals surface area contributed by atoms with E-state index in [9.17, 15) is 14.4 Å². The molecule has 0 bridgehead atoms. The van der Waals surface area contributed by atoms with Gasteiger partial charge in [0, 0.05) is 43.2 Å². The minimum Gasteiger partial charge on any atom is -0.343 e. The predicted molar refractivity (Wildman–Crippen MR) is 96.6 cm³/mol. The molecule has 0 atom stereocenters. The number of carbonyl (C=O) groups excluding carboxylic acids is 3. The van der Waals surface area contributed by atoms with E-state index < -0.39 is 0 Å². The fourth-order valence-corrected chi connectivity index (χ4v) is 3.98. The summed E-state index contributed by atoms with van der Waals surface area (Å²) in [5.74, 6) is 0.192. The van der Waals surface area contributed by atoms with Gasteiger partial charge < -0.3 is 14.6 Å². The molecule has 0 radical (unpaired) electrons. The second-order valence-corrected chi connectivity index (χ2v) is 7.49. The van der Waals surface area contributed by atoms with Crippen molar-refractivity contribution in [3.05, 3.63) is 29.3 Å². The highest BCUT2D eigenvalue weighted by atomic mass is 35.5. The number of halogens is 1. The largest absolute Gasteiger partial charge is 0.343 e. The van der Waals surface area contributed by atoms with Crippen LogP contribution >= 0.6 is 11.6 Å². The van der Waals surface area contributed by atoms with E-state index in [2.05, 4.69) is 0 Å². The second-order valence-electron chi connectivity index (χ2n) is 7.05. The van der Waals surface area contributed by atoms with Crippen molar-refractivity contribution in [1.29, 1.82) is 0 Å². The van der Waals surface area contributed by atoms with Crippen LogP contribution in [-0.2, 0) is 14.4 Å². The molecule has 134 valence electrons. The van der Waals surface area contributed by atoms with Gasteiger partial charge in [-0.15, -0.1) is 0 Å². The molecule has 2 saturated heterocycles. The number of piperidine rings is 1. The molecule has 0 unspecified atom stereocenters. The SMILES string of the molecule is CC(=O)CCC(=O)N1CCC2(CC1)CCN(c1cccc(Cl)c1)C2=O. The molecule has 2 amide bonds. The van der Waals surface area contributed by atoms with Gasteiger partial charge in [0.2, 0.25) is 11.8 Å². The Morgan fingerprint density at radius 2 is 1.80 bits per heavy atom. The van der Waals surface area contributed by atoms with E-state index in [1.165, 1.54) is 6.92 Å². The van der Waals surface area contributed by atoms with Crippen LogP contribution in [0.2, 0.25) is 5.02 Å². The molecule has 2 heterocycles. The smallest absolute Gasteiger partial charge is 0.233 e. The highest BCUT2D eigenvalue weighted by Gasteiger charge is 2.48. The van der Waals surface area contributed by atoms with E-state index in [1.54, 1.807) is 11.0 Å². The average Bonchev–Trinajstić information content (AvgIpc) is 2.90. The van der Waals surface area contributed by atoms with E-state index in [0.717, 1.165) is 12.1 Å². The maximum Gasteiger partial charge on any atom is 0.233 e. The van der Waals surface area contributed by atoms with Crippen LogP contribution in [0.4, 0.5) is 5.69 Å². The first-order valence-corrected chi connectivity index (χ1v) is 9.14. The number of anilines is 1. The van der Waals surface area contributed by atoms with E-state index >= 15 is 0 Å². The molecular weight excluding hydrogens is 340 g/mol. The maximum atomic E-state index is 13.0. The van der Waals surface area contributed by atoms with Gasteiger partial charge in [0.25, 0.3) is 0 Å². The van der Waals surface area contributed by atoms with Gasteiger partial charge in [-0.25, -0.2) is 0 Å². The zero-order valence-electron chi connectivity index (χ0n) is 14.5. The van der Waals surface area contributed by atoms with Gasteiger partial charge in [-0.3, -0.25) is 9.59 Å². The molecule has 6 heteroatoms. The molecular formula is C19H23ClN2O3. The van der Waals surface area contributed by atoms with E-state index in [1.807, 2.05) is 23.1 Å². The zero-order chi connectivity index (χ0) is 18.0. The first kappa shape index (κ1) is 17.9. The van der Waals surface area contributed by atoms with Gasteiger partial charge in [-0.2, -0.15) is 0 Å². The molecule has 5 nitrogen and oxygen atoms in total. The minimum absolute atomic E-state index is 0.0159. The second kappa shape index (κ2) is 7.16. The van der Waals surface area contributed by atoms with Crippen molar-refractivity contribution < 1.29 is 14.4 Å². The van der Waals surface area contributed by atoms with E-state index in [4.69, 9.17) is 11.6 Å². The van der Waals surface area contributed by atoms with Gasteiger partial charge in [-0.1, -0.05) is 17.7 Å². The first-order chi connectivity index (χ1) is 11.9. The normalized spacial score (nSPS) is 19.5. The third-order valence-corrected chi connectivity index (χ3v) is 5.63. The lowest BCUT2D eigenvalue weighted by Gasteiger charge is -2.38. The Bertz CT molecular complexity index is 696. The van der Waals surface area contributed by atoms with Crippen LogP contribution in [0.25, 0.3) is 0 Å². The van der Waals surface area contributed by atoms with Crippen LogP contribution in [0.5, 0.6) is 0 Å². The van der Waals surface area contributed by atoms with Crippen molar-refractivity contribution in [3.63, 3.8) is 0 Å². The van der Waals surface area contributed by atoms with Crippen LogP contribution in [0.1, 0.15) is 39.0 Å². The molecule has 2 aliphatic heterocycles. The number of carbonyl (C=O) groups is 3. The molecule has 0 N–H and O–H groups in total. The van der Waals surface area contributed by atoms with E-state index in [-0.39, 0.29) is 29.4 Å². The topological polar surface area (TPSA) is 57.7 Å². The Hall–Kier alpha value is -1.88. The number of hydrogen-bond donors (Lipinski definition) is 0. The maximum absolute atomic E-state index is 13.0. The summed E-state index contributed by atoms with van der Waals surface area (Å²) in [6.07, 6.45) is 2.75. The number of benzene rings is 1. The van der Waals surface area contributed by atoms with Crippen molar-refractivity contribution in [2.45, 2.75) is 39.0 Å². The van der Waals surface area contributed by atoms with Gasteiger partial charge in [-0.05, 0) is 44.4 Å². The first-order valence-electron chi connectivity index (χ1n) is 8.76. The molecule has 25 heavy (non-hydrogen) atoms. The van der Waals surface area contributed by atoms with Crippen molar-refractivity contribution >= 4 is 34.9 Å². The summed E-state index contributed by atoms with van der Waals surface area (Å²) < 4.78 is 0. The molecule has 0 aliphatic carbocycles. The molecule has 0 saturated carbocycles. The standard InChI is InChI=1S/C19H23ClN2O3/c1-14(23)5-6-17(24)21-10-7-19(8-11-21)9-12-22(18(19)25)16-4-2-3-15(20)13-16/h2-4,13H,5-12H2,1H3. The van der Waals surface area contributed by atoms with Crippen molar-refractivity contribution in [2.75, 3.05) is 24.5 Å². The van der Waals surface area contributed by atoms with Crippen molar-refractivity contribution in [3.8, 4) is 0 Å². The van der Waals surface area contributed by atoms with Crippen LogP contribution in [-0.4, -0.2) is 42.1 Å². The Balaban J connectivity index is 1.63. The van der Waals surface area contributed by atoms with Gasteiger partial charge >= 0.3 is 0 Å². The predicted octanol–water partition coefficient (Wildman–Crippen LogP) is 3.05. The van der Waals surface area contributed by atoms with Crippen LogP contribution in [0.15, 0.2) is 24.3 Å². The van der Waals surface area contributed by atoms with E-state index in [0.29, 0.717) is 43.9 Å². The summed E-state index contributed by atoms with van der Waals surface area (Å²) >= 11 is 6.05. The van der Waals surface area contributed by atoms with Gasteiger partial charge in [0.05, 0.1) is 5.41 Å². The lowest BCUT2D eigenvalue weighted by atomic mass is 9.77. The molecule has 1 aromatic rings. The van der Waals surface area contributed by atoms with Gasteiger partial charge in [0.15, 0.2) is 0 Å². The monoisotopic (exact) mass is 362 g/mol. The Morgan fingerprint density at radius 3 is 2.44 bits per heavy atom. The number of hydrogen-bond acceptors (Lipinski definition) is 3. The Labute approximate surface area is 152 Å². The molecule has 1 aromatic carbocycles. The lowest BCUT2D eigenvalue weighted by Crippen LogP contribution is -2.46. The van der Waals surface area contributed by atoms with Crippen LogP contribution < -0.4 is 4.90 Å². The number of likely N-dealkylation sites (tertiary alicyclic amines) is 1. The molecule has 1 spiro atoms. The van der Waals surface area contributed by atoms with Crippen molar-refractivity contribution in [1.82, 2.24) is 4.90 Å². The number of nitrogens with zero attached hydrogens (tertiary/aromatic N) is 2. The fraction of sp³-hybridized carbons (Fsp3) is 0.526.